The van der Waals surface area contributed by atoms with E-state index in [-0.39, 0.29) is 6.09 Å². The maximum absolute atomic E-state index is 12.3. The summed E-state index contributed by atoms with van der Waals surface area (Å²) in [7, 11) is 0. The lowest BCUT2D eigenvalue weighted by molar-refractivity contribution is -0.703. The highest BCUT2D eigenvalue weighted by Crippen LogP contribution is 2.23. The van der Waals surface area contributed by atoms with Crippen LogP contribution in [0.5, 0.6) is 0 Å². The van der Waals surface area contributed by atoms with Crippen molar-refractivity contribution in [3.8, 4) is 0 Å². The van der Waals surface area contributed by atoms with Crippen molar-refractivity contribution < 1.29 is 14.1 Å². The Hall–Kier alpha value is -2.62. The number of hydrogen-bond donors (Lipinski definition) is 1. The van der Waals surface area contributed by atoms with Gasteiger partial charge in [-0.25, -0.2) is 9.36 Å². The molecule has 33 heavy (non-hydrogen) atoms. The third-order valence-corrected chi connectivity index (χ3v) is 6.19. The third-order valence-electron chi connectivity index (χ3n) is 6.19. The number of allylic oxidation sites excluding steroid dienone is 1. The molecule has 0 fully saturated rings. The Labute approximate surface area is 201 Å². The molecule has 0 atom stereocenters. The van der Waals surface area contributed by atoms with E-state index in [1.807, 2.05) is 39.0 Å². The Kier molecular flexibility index (Phi) is 11.2. The number of unbranched alkanes of at least 4 members (excludes halogenated alkanes) is 7. The lowest BCUT2D eigenvalue weighted by atomic mass is 9.92. The number of amides is 1. The second-order valence-corrected chi connectivity index (χ2v) is 9.61. The normalized spacial score (nSPS) is 11.3. The van der Waals surface area contributed by atoms with E-state index in [2.05, 4.69) is 53.8 Å². The molecule has 2 aromatic rings. The van der Waals surface area contributed by atoms with E-state index in [1.54, 1.807) is 0 Å². The average molecular weight is 452 g/mol. The molecule has 1 amide bonds. The highest BCUT2D eigenvalue weighted by atomic mass is 16.5. The van der Waals surface area contributed by atoms with Crippen LogP contribution < -0.4 is 9.88 Å². The molecule has 0 unspecified atom stereocenters. The van der Waals surface area contributed by atoms with Gasteiger partial charge in [0.05, 0.1) is 12.1 Å². The van der Waals surface area contributed by atoms with Crippen molar-refractivity contribution in [1.82, 2.24) is 5.32 Å². The molecule has 0 aliphatic rings. The number of ether oxygens (including phenoxy) is 1. The molecule has 1 heterocycles. The van der Waals surface area contributed by atoms with Gasteiger partial charge in [-0.3, -0.25) is 0 Å². The number of pyridine rings is 1. The third kappa shape index (κ3) is 9.81. The van der Waals surface area contributed by atoms with E-state index in [1.165, 1.54) is 44.2 Å². The summed E-state index contributed by atoms with van der Waals surface area (Å²) in [5.41, 5.74) is 3.96. The molecule has 0 bridgehead atoms. The van der Waals surface area contributed by atoms with Crippen LogP contribution in [0.15, 0.2) is 55.2 Å². The minimum absolute atomic E-state index is 0.354. The lowest BCUT2D eigenvalue weighted by Crippen LogP contribution is -2.41. The van der Waals surface area contributed by atoms with E-state index in [0.717, 1.165) is 36.1 Å². The molecule has 1 aromatic heterocycles. The van der Waals surface area contributed by atoms with Crippen LogP contribution in [0.4, 0.5) is 4.79 Å². The molecule has 0 saturated carbocycles. The zero-order valence-electron chi connectivity index (χ0n) is 21.2. The predicted molar refractivity (Wildman–Crippen MR) is 137 cm³/mol. The molecule has 1 N–H and O–H groups in total. The number of benzene rings is 1. The topological polar surface area (TPSA) is 42.2 Å². The van der Waals surface area contributed by atoms with Crippen molar-refractivity contribution in [3.63, 3.8) is 0 Å². The molecule has 0 aliphatic heterocycles. The number of carbonyl (C=O) groups excluding carboxylic acids is 1. The number of alkyl carbamates (subject to hydrolysis) is 1. The number of hydrogen-bond acceptors (Lipinski definition) is 2. The van der Waals surface area contributed by atoms with Crippen molar-refractivity contribution in [2.24, 2.45) is 0 Å². The molecule has 0 spiro atoms. The molecule has 4 nitrogen and oxygen atoms in total. The molecule has 0 radical (unpaired) electrons. The van der Waals surface area contributed by atoms with Crippen molar-refractivity contribution in [1.29, 1.82) is 0 Å². The van der Waals surface area contributed by atoms with Crippen LogP contribution in [0.3, 0.4) is 0 Å². The van der Waals surface area contributed by atoms with E-state index < -0.39 is 5.54 Å². The summed E-state index contributed by atoms with van der Waals surface area (Å²) in [5.74, 6) is 0. The monoisotopic (exact) mass is 451 g/mol. The first-order chi connectivity index (χ1) is 15.8. The van der Waals surface area contributed by atoms with Gasteiger partial charge in [0.2, 0.25) is 0 Å². The largest absolute Gasteiger partial charge is 0.450 e. The molecule has 0 saturated heterocycles. The summed E-state index contributed by atoms with van der Waals surface area (Å²) < 4.78 is 7.75. The molecule has 2 rings (SSSR count). The quantitative estimate of drug-likeness (QED) is 0.246. The van der Waals surface area contributed by atoms with Crippen LogP contribution in [-0.2, 0) is 16.8 Å². The van der Waals surface area contributed by atoms with Gasteiger partial charge in [0.1, 0.15) is 6.54 Å². The molecular formula is C29H43N2O2+. The Balaban J connectivity index is 1.51. The Morgan fingerprint density at radius 1 is 0.970 bits per heavy atom. The second-order valence-electron chi connectivity index (χ2n) is 9.61. The van der Waals surface area contributed by atoms with E-state index >= 15 is 0 Å². The van der Waals surface area contributed by atoms with E-state index in [0.29, 0.717) is 6.61 Å². The fourth-order valence-corrected chi connectivity index (χ4v) is 3.96. The Bertz CT molecular complexity index is 889. The zero-order valence-corrected chi connectivity index (χ0v) is 21.2. The minimum atomic E-state index is -0.500. The van der Waals surface area contributed by atoms with Gasteiger partial charge in [0, 0.05) is 25.5 Å². The van der Waals surface area contributed by atoms with Gasteiger partial charge in [-0.2, -0.15) is 0 Å². The highest BCUT2D eigenvalue weighted by Gasteiger charge is 2.23. The van der Waals surface area contributed by atoms with E-state index in [4.69, 9.17) is 4.74 Å². The summed E-state index contributed by atoms with van der Waals surface area (Å²) in [5, 5.41) is 2.99. The molecular weight excluding hydrogens is 408 g/mol. The van der Waals surface area contributed by atoms with Crippen LogP contribution in [0.25, 0.3) is 5.57 Å². The summed E-state index contributed by atoms with van der Waals surface area (Å²) >= 11 is 0. The van der Waals surface area contributed by atoms with Crippen molar-refractivity contribution in [2.75, 3.05) is 6.61 Å². The number of rotatable bonds is 14. The molecule has 0 aliphatic carbocycles. The maximum Gasteiger partial charge on any atom is 0.407 e. The summed E-state index contributed by atoms with van der Waals surface area (Å²) in [6, 6.07) is 14.5. The predicted octanol–water partition coefficient (Wildman–Crippen LogP) is 7.10. The summed E-state index contributed by atoms with van der Waals surface area (Å²) in [4.78, 5) is 12.3. The van der Waals surface area contributed by atoms with Crippen LogP contribution in [0.1, 0.15) is 89.0 Å². The SMILES string of the molecule is C=C(C)c1cccc(C(C)(C)NC(=O)OCCCCCCCCCC[n+]2ccccc2C)c1. The molecule has 4 heteroatoms. The Morgan fingerprint density at radius 2 is 1.64 bits per heavy atom. The van der Waals surface area contributed by atoms with Gasteiger partial charge in [0.25, 0.3) is 0 Å². The standard InChI is InChI=1S/C29H42N2O2/c1-24(2)26-18-16-19-27(23-26)29(4,5)30-28(32)33-22-15-11-9-7-6-8-10-13-20-31-21-14-12-17-25(31)3/h12,14,16-19,21,23H,1,6-11,13,15,20,22H2,2-5H3/p+1. The Morgan fingerprint density at radius 3 is 2.30 bits per heavy atom. The zero-order chi connectivity index (χ0) is 24.1. The first kappa shape index (κ1) is 26.6. The summed E-state index contributed by atoms with van der Waals surface area (Å²) in [6.07, 6.45) is 11.4. The fourth-order valence-electron chi connectivity index (χ4n) is 3.96. The van der Waals surface area contributed by atoms with Gasteiger partial charge in [-0.15, -0.1) is 0 Å². The molecule has 180 valence electrons. The van der Waals surface area contributed by atoms with Crippen LogP contribution in [0, 0.1) is 6.92 Å². The van der Waals surface area contributed by atoms with Gasteiger partial charge >= 0.3 is 6.09 Å². The average Bonchev–Trinajstić information content (AvgIpc) is 2.78. The van der Waals surface area contributed by atoms with Gasteiger partial charge in [-0.1, -0.05) is 68.5 Å². The number of nitrogens with one attached hydrogen (secondary N) is 1. The second kappa shape index (κ2) is 13.8. The minimum Gasteiger partial charge on any atom is -0.450 e. The van der Waals surface area contributed by atoms with Crippen molar-refractivity contribution >= 4 is 11.7 Å². The van der Waals surface area contributed by atoms with Crippen molar-refractivity contribution in [3.05, 3.63) is 72.1 Å². The van der Waals surface area contributed by atoms with E-state index in [9.17, 15) is 4.79 Å². The summed E-state index contributed by atoms with van der Waals surface area (Å²) in [6.45, 7) is 13.7. The first-order valence-corrected chi connectivity index (χ1v) is 12.5. The van der Waals surface area contributed by atoms with Crippen molar-refractivity contribution in [2.45, 2.75) is 91.1 Å². The number of aryl methyl sites for hydroxylation is 2. The highest BCUT2D eigenvalue weighted by molar-refractivity contribution is 5.69. The maximum atomic E-state index is 12.3. The van der Waals surface area contributed by atoms with Gasteiger partial charge in [-0.05, 0) is 50.8 Å². The lowest BCUT2D eigenvalue weighted by Gasteiger charge is -2.27. The fraction of sp³-hybridized carbons (Fsp3) is 0.517. The van der Waals surface area contributed by atoms with Crippen LogP contribution in [0.2, 0.25) is 0 Å². The number of nitrogens with zero attached hydrogens (tertiary/aromatic N) is 1. The van der Waals surface area contributed by atoms with Crippen LogP contribution in [-0.4, -0.2) is 12.7 Å². The molecule has 1 aromatic carbocycles. The number of aromatic nitrogens is 1. The number of carbonyl (C=O) groups is 1. The smallest absolute Gasteiger partial charge is 0.407 e. The first-order valence-electron chi connectivity index (χ1n) is 12.5. The van der Waals surface area contributed by atoms with Gasteiger partial charge in [0.15, 0.2) is 11.9 Å². The van der Waals surface area contributed by atoms with Gasteiger partial charge < -0.3 is 10.1 Å². The van der Waals surface area contributed by atoms with Crippen LogP contribution >= 0.6 is 0 Å².